The lowest BCUT2D eigenvalue weighted by molar-refractivity contribution is -0.123. The fraction of sp³-hybridized carbons (Fsp3) is 0.353. The topological polar surface area (TPSA) is 34.0 Å². The standard InChI is InChI=1S/C17H20N2O/c1-12-5-6-13(2)19(12)15-9-7-14(8-10-15)16-4-3-11-18-17(16)20/h5-10,16H,3-4,11H2,1-2H3,(H,18,20)/t16-/m0/s1. The van der Waals surface area contributed by atoms with Crippen molar-refractivity contribution < 1.29 is 4.79 Å². The zero-order valence-corrected chi connectivity index (χ0v) is 12.0. The summed E-state index contributed by atoms with van der Waals surface area (Å²) < 4.78 is 2.23. The van der Waals surface area contributed by atoms with Crippen LogP contribution >= 0.6 is 0 Å². The van der Waals surface area contributed by atoms with Gasteiger partial charge in [0.1, 0.15) is 0 Å². The van der Waals surface area contributed by atoms with Crippen molar-refractivity contribution in [2.24, 2.45) is 0 Å². The molecule has 2 heterocycles. The molecule has 3 rings (SSSR count). The number of aromatic nitrogens is 1. The van der Waals surface area contributed by atoms with Gasteiger partial charge in [0.2, 0.25) is 5.91 Å². The number of carbonyl (C=O) groups excluding carboxylic acids is 1. The van der Waals surface area contributed by atoms with Gasteiger partial charge in [0.15, 0.2) is 0 Å². The van der Waals surface area contributed by atoms with Gasteiger partial charge in [0, 0.05) is 23.6 Å². The summed E-state index contributed by atoms with van der Waals surface area (Å²) in [6, 6.07) is 12.6. The van der Waals surface area contributed by atoms with Gasteiger partial charge in [0.25, 0.3) is 0 Å². The van der Waals surface area contributed by atoms with E-state index >= 15 is 0 Å². The smallest absolute Gasteiger partial charge is 0.227 e. The van der Waals surface area contributed by atoms with Gasteiger partial charge in [0.05, 0.1) is 5.92 Å². The summed E-state index contributed by atoms with van der Waals surface area (Å²) in [5.74, 6) is 0.182. The monoisotopic (exact) mass is 268 g/mol. The summed E-state index contributed by atoms with van der Waals surface area (Å²) in [5, 5.41) is 2.95. The number of carbonyl (C=O) groups is 1. The third-order valence-electron chi connectivity index (χ3n) is 4.11. The molecule has 20 heavy (non-hydrogen) atoms. The molecule has 1 amide bonds. The Bertz CT molecular complexity index is 605. The minimum Gasteiger partial charge on any atom is -0.356 e. The van der Waals surface area contributed by atoms with E-state index in [1.54, 1.807) is 0 Å². The molecule has 104 valence electrons. The van der Waals surface area contributed by atoms with Crippen molar-refractivity contribution in [2.45, 2.75) is 32.6 Å². The van der Waals surface area contributed by atoms with Crippen LogP contribution in [0, 0.1) is 13.8 Å². The van der Waals surface area contributed by atoms with Crippen molar-refractivity contribution in [3.8, 4) is 5.69 Å². The number of hydrogen-bond donors (Lipinski definition) is 1. The van der Waals surface area contributed by atoms with E-state index in [0.717, 1.165) is 30.6 Å². The van der Waals surface area contributed by atoms with Crippen LogP contribution in [0.3, 0.4) is 0 Å². The summed E-state index contributed by atoms with van der Waals surface area (Å²) >= 11 is 0. The number of rotatable bonds is 2. The van der Waals surface area contributed by atoms with Crippen molar-refractivity contribution in [2.75, 3.05) is 6.54 Å². The lowest BCUT2D eigenvalue weighted by Gasteiger charge is -2.22. The quantitative estimate of drug-likeness (QED) is 0.892. The molecule has 0 spiro atoms. The maximum Gasteiger partial charge on any atom is 0.227 e. The summed E-state index contributed by atoms with van der Waals surface area (Å²) in [5.41, 5.74) is 4.73. The van der Waals surface area contributed by atoms with Crippen molar-refractivity contribution in [3.05, 3.63) is 53.3 Å². The van der Waals surface area contributed by atoms with E-state index in [1.807, 2.05) is 0 Å². The summed E-state index contributed by atoms with van der Waals surface area (Å²) in [6.07, 6.45) is 2.01. The molecule has 0 aliphatic carbocycles. The van der Waals surface area contributed by atoms with Crippen LogP contribution < -0.4 is 5.32 Å². The molecule has 2 aromatic rings. The second kappa shape index (κ2) is 5.16. The Morgan fingerprint density at radius 1 is 1.05 bits per heavy atom. The Morgan fingerprint density at radius 2 is 1.70 bits per heavy atom. The maximum absolute atomic E-state index is 11.9. The average molecular weight is 268 g/mol. The van der Waals surface area contributed by atoms with Crippen LogP contribution in [-0.4, -0.2) is 17.0 Å². The van der Waals surface area contributed by atoms with Crippen LogP contribution in [-0.2, 0) is 4.79 Å². The summed E-state index contributed by atoms with van der Waals surface area (Å²) in [7, 11) is 0. The Balaban J connectivity index is 1.90. The number of nitrogens with one attached hydrogen (secondary N) is 1. The SMILES string of the molecule is Cc1ccc(C)n1-c1ccc([C@@H]2CCCNC2=O)cc1. The lowest BCUT2D eigenvalue weighted by Crippen LogP contribution is -2.35. The minimum atomic E-state index is 0.0182. The van der Waals surface area contributed by atoms with Gasteiger partial charge >= 0.3 is 0 Å². The summed E-state index contributed by atoms with van der Waals surface area (Å²) in [6.45, 7) is 5.03. The molecule has 0 saturated carbocycles. The van der Waals surface area contributed by atoms with Crippen molar-refractivity contribution in [1.82, 2.24) is 9.88 Å². The molecular formula is C17H20N2O. The first-order chi connectivity index (χ1) is 9.66. The molecule has 1 aliphatic heterocycles. The zero-order chi connectivity index (χ0) is 14.1. The number of nitrogens with zero attached hydrogens (tertiary/aromatic N) is 1. The minimum absolute atomic E-state index is 0.0182. The number of aryl methyl sites for hydroxylation is 2. The third-order valence-corrected chi connectivity index (χ3v) is 4.11. The van der Waals surface area contributed by atoms with Gasteiger partial charge in [-0.1, -0.05) is 12.1 Å². The second-order valence-corrected chi connectivity index (χ2v) is 5.53. The van der Waals surface area contributed by atoms with Gasteiger partial charge < -0.3 is 9.88 Å². The van der Waals surface area contributed by atoms with E-state index in [0.29, 0.717) is 0 Å². The molecule has 1 aromatic heterocycles. The first kappa shape index (κ1) is 13.0. The highest BCUT2D eigenvalue weighted by Gasteiger charge is 2.23. The van der Waals surface area contributed by atoms with E-state index in [-0.39, 0.29) is 11.8 Å². The molecule has 1 aliphatic rings. The number of hydrogen-bond acceptors (Lipinski definition) is 1. The largest absolute Gasteiger partial charge is 0.356 e. The molecule has 3 nitrogen and oxygen atoms in total. The van der Waals surface area contributed by atoms with Crippen LogP contribution in [0.5, 0.6) is 0 Å². The molecule has 0 bridgehead atoms. The van der Waals surface area contributed by atoms with Crippen LogP contribution in [0.15, 0.2) is 36.4 Å². The van der Waals surface area contributed by atoms with E-state index < -0.39 is 0 Å². The highest BCUT2D eigenvalue weighted by Crippen LogP contribution is 2.26. The molecule has 1 N–H and O–H groups in total. The van der Waals surface area contributed by atoms with Crippen LogP contribution in [0.2, 0.25) is 0 Å². The van der Waals surface area contributed by atoms with E-state index in [4.69, 9.17) is 0 Å². The maximum atomic E-state index is 11.9. The Morgan fingerprint density at radius 3 is 2.30 bits per heavy atom. The average Bonchev–Trinajstić information content (AvgIpc) is 2.79. The van der Waals surface area contributed by atoms with Crippen LogP contribution in [0.1, 0.15) is 35.7 Å². The van der Waals surface area contributed by atoms with Crippen LogP contribution in [0.25, 0.3) is 5.69 Å². The van der Waals surface area contributed by atoms with Gasteiger partial charge in [-0.2, -0.15) is 0 Å². The van der Waals surface area contributed by atoms with Gasteiger partial charge in [-0.15, -0.1) is 0 Å². The number of piperidine rings is 1. The second-order valence-electron chi connectivity index (χ2n) is 5.53. The molecule has 1 fully saturated rings. The highest BCUT2D eigenvalue weighted by atomic mass is 16.1. The third kappa shape index (κ3) is 2.24. The van der Waals surface area contributed by atoms with Crippen molar-refractivity contribution in [1.29, 1.82) is 0 Å². The predicted molar refractivity (Wildman–Crippen MR) is 80.2 cm³/mol. The Hall–Kier alpha value is -2.03. The van der Waals surface area contributed by atoms with Gasteiger partial charge in [-0.05, 0) is 56.5 Å². The lowest BCUT2D eigenvalue weighted by atomic mass is 9.91. The van der Waals surface area contributed by atoms with E-state index in [9.17, 15) is 4.79 Å². The number of amides is 1. The first-order valence-corrected chi connectivity index (χ1v) is 7.20. The fourth-order valence-corrected chi connectivity index (χ4v) is 3.02. The van der Waals surface area contributed by atoms with Crippen molar-refractivity contribution in [3.63, 3.8) is 0 Å². The fourth-order valence-electron chi connectivity index (χ4n) is 3.02. The van der Waals surface area contributed by atoms with E-state index in [1.165, 1.54) is 11.4 Å². The molecule has 1 saturated heterocycles. The molecule has 0 radical (unpaired) electrons. The Kier molecular flexibility index (Phi) is 3.35. The normalized spacial score (nSPS) is 18.9. The summed E-state index contributed by atoms with van der Waals surface area (Å²) in [4.78, 5) is 11.9. The first-order valence-electron chi connectivity index (χ1n) is 7.20. The van der Waals surface area contributed by atoms with Gasteiger partial charge in [-0.3, -0.25) is 4.79 Å². The van der Waals surface area contributed by atoms with Gasteiger partial charge in [-0.25, -0.2) is 0 Å². The highest BCUT2D eigenvalue weighted by molar-refractivity contribution is 5.84. The molecule has 3 heteroatoms. The van der Waals surface area contributed by atoms with Crippen LogP contribution in [0.4, 0.5) is 0 Å². The number of benzene rings is 1. The zero-order valence-electron chi connectivity index (χ0n) is 12.0. The Labute approximate surface area is 119 Å². The van der Waals surface area contributed by atoms with Crippen molar-refractivity contribution >= 4 is 5.91 Å². The molecule has 1 aromatic carbocycles. The van der Waals surface area contributed by atoms with E-state index in [2.05, 4.69) is 60.1 Å². The molecule has 1 atom stereocenters. The molecular weight excluding hydrogens is 248 g/mol. The molecule has 0 unspecified atom stereocenters. The predicted octanol–water partition coefficient (Wildman–Crippen LogP) is 3.09.